The lowest BCUT2D eigenvalue weighted by atomic mass is 10.2. The molecule has 4 aromatic rings. The second kappa shape index (κ2) is 7.24. The second-order valence-electron chi connectivity index (χ2n) is 5.95. The van der Waals surface area contributed by atoms with Crippen molar-refractivity contribution in [2.24, 2.45) is 0 Å². The van der Waals surface area contributed by atoms with E-state index >= 15 is 0 Å². The number of carbonyl (C=O) groups is 1. The minimum atomic E-state index is -0.246. The van der Waals surface area contributed by atoms with E-state index in [1.54, 1.807) is 6.07 Å². The van der Waals surface area contributed by atoms with Crippen LogP contribution in [0.1, 0.15) is 0 Å². The SMILES string of the molecule is O=C(Cn1ccc2ccccc21)NCCn1nc(-n2cncn2)ccc1=O. The Morgan fingerprint density at radius 1 is 1.11 bits per heavy atom. The van der Waals surface area contributed by atoms with Crippen molar-refractivity contribution in [2.45, 2.75) is 13.1 Å². The summed E-state index contributed by atoms with van der Waals surface area (Å²) in [7, 11) is 0. The van der Waals surface area contributed by atoms with E-state index in [-0.39, 0.29) is 24.6 Å². The highest BCUT2D eigenvalue weighted by Crippen LogP contribution is 2.14. The van der Waals surface area contributed by atoms with Gasteiger partial charge in [-0.3, -0.25) is 9.59 Å². The Morgan fingerprint density at radius 3 is 2.85 bits per heavy atom. The fraction of sp³-hybridized carbons (Fsp3) is 0.167. The summed E-state index contributed by atoms with van der Waals surface area (Å²) in [6.07, 6.45) is 4.78. The van der Waals surface area contributed by atoms with E-state index in [4.69, 9.17) is 0 Å². The van der Waals surface area contributed by atoms with Crippen molar-refractivity contribution < 1.29 is 4.79 Å². The van der Waals surface area contributed by atoms with Gasteiger partial charge in [0.15, 0.2) is 5.82 Å². The van der Waals surface area contributed by atoms with Gasteiger partial charge in [0, 0.05) is 24.3 Å². The Balaban J connectivity index is 1.37. The van der Waals surface area contributed by atoms with Gasteiger partial charge in [0.1, 0.15) is 19.2 Å². The number of nitrogens with zero attached hydrogens (tertiary/aromatic N) is 6. The zero-order valence-corrected chi connectivity index (χ0v) is 14.4. The van der Waals surface area contributed by atoms with Crippen molar-refractivity contribution in [1.29, 1.82) is 0 Å². The Hall–Kier alpha value is -3.75. The molecular formula is C18H17N7O2. The first-order valence-electron chi connectivity index (χ1n) is 8.44. The molecule has 3 heterocycles. The summed E-state index contributed by atoms with van der Waals surface area (Å²) in [6.45, 7) is 0.778. The molecule has 9 heteroatoms. The first-order chi connectivity index (χ1) is 13.2. The molecule has 0 spiro atoms. The zero-order chi connectivity index (χ0) is 18.6. The molecule has 0 saturated carbocycles. The fourth-order valence-corrected chi connectivity index (χ4v) is 2.84. The van der Waals surface area contributed by atoms with Crippen LogP contribution in [0.25, 0.3) is 16.7 Å². The van der Waals surface area contributed by atoms with Gasteiger partial charge in [-0.1, -0.05) is 18.2 Å². The summed E-state index contributed by atoms with van der Waals surface area (Å²) in [5.74, 6) is 0.356. The molecule has 27 heavy (non-hydrogen) atoms. The lowest BCUT2D eigenvalue weighted by Crippen LogP contribution is -2.33. The predicted octanol–water partition coefficient (Wildman–Crippen LogP) is 0.595. The van der Waals surface area contributed by atoms with Crippen LogP contribution in [0.15, 0.2) is 66.1 Å². The Bertz CT molecular complexity index is 1130. The normalized spacial score (nSPS) is 11.0. The molecule has 136 valence electrons. The van der Waals surface area contributed by atoms with Gasteiger partial charge in [0.05, 0.1) is 6.54 Å². The molecule has 0 saturated heterocycles. The molecule has 0 bridgehead atoms. The van der Waals surface area contributed by atoms with Crippen molar-refractivity contribution in [3.8, 4) is 5.82 Å². The zero-order valence-electron chi connectivity index (χ0n) is 14.4. The maximum absolute atomic E-state index is 12.2. The Morgan fingerprint density at radius 2 is 2.00 bits per heavy atom. The van der Waals surface area contributed by atoms with Crippen molar-refractivity contribution >= 4 is 16.8 Å². The van der Waals surface area contributed by atoms with Gasteiger partial charge in [-0.05, 0) is 23.6 Å². The molecule has 0 aliphatic heterocycles. The van der Waals surface area contributed by atoms with E-state index in [1.165, 1.54) is 28.1 Å². The van der Waals surface area contributed by atoms with Crippen molar-refractivity contribution in [1.82, 2.24) is 34.4 Å². The number of fused-ring (bicyclic) bond motifs is 1. The predicted molar refractivity (Wildman–Crippen MR) is 98.4 cm³/mol. The van der Waals surface area contributed by atoms with Gasteiger partial charge < -0.3 is 9.88 Å². The molecule has 3 aromatic heterocycles. The topological polar surface area (TPSA) is 99.6 Å². The minimum absolute atomic E-state index is 0.128. The maximum atomic E-state index is 12.2. The third-order valence-electron chi connectivity index (χ3n) is 4.15. The van der Waals surface area contributed by atoms with Crippen molar-refractivity contribution in [3.05, 3.63) is 71.7 Å². The molecule has 0 atom stereocenters. The summed E-state index contributed by atoms with van der Waals surface area (Å²) < 4.78 is 4.65. The smallest absolute Gasteiger partial charge is 0.266 e. The second-order valence-corrected chi connectivity index (χ2v) is 5.95. The largest absolute Gasteiger partial charge is 0.353 e. The molecule has 0 fully saturated rings. The van der Waals surface area contributed by atoms with Gasteiger partial charge >= 0.3 is 0 Å². The van der Waals surface area contributed by atoms with Crippen LogP contribution in [0.2, 0.25) is 0 Å². The van der Waals surface area contributed by atoms with E-state index in [1.807, 2.05) is 41.1 Å². The number of hydrogen-bond donors (Lipinski definition) is 1. The lowest BCUT2D eigenvalue weighted by Gasteiger charge is -2.09. The van der Waals surface area contributed by atoms with Gasteiger partial charge in [-0.2, -0.15) is 5.10 Å². The highest BCUT2D eigenvalue weighted by atomic mass is 16.2. The van der Waals surface area contributed by atoms with Gasteiger partial charge in [-0.15, -0.1) is 5.10 Å². The number of para-hydroxylation sites is 1. The summed E-state index contributed by atoms with van der Waals surface area (Å²) in [5, 5.41) is 12.1. The number of hydrogen-bond acceptors (Lipinski definition) is 5. The summed E-state index contributed by atoms with van der Waals surface area (Å²) >= 11 is 0. The Kier molecular flexibility index (Phi) is 4.48. The molecule has 0 radical (unpaired) electrons. The van der Waals surface area contributed by atoms with Crippen molar-refractivity contribution in [2.75, 3.05) is 6.54 Å². The van der Waals surface area contributed by atoms with Crippen LogP contribution in [0.5, 0.6) is 0 Å². The van der Waals surface area contributed by atoms with Crippen LogP contribution in [-0.2, 0) is 17.9 Å². The van der Waals surface area contributed by atoms with E-state index in [0.29, 0.717) is 12.4 Å². The molecule has 0 aliphatic rings. The molecule has 9 nitrogen and oxygen atoms in total. The number of rotatable bonds is 6. The number of aromatic nitrogens is 6. The summed E-state index contributed by atoms with van der Waals surface area (Å²) in [4.78, 5) is 28.0. The average Bonchev–Trinajstić information content (AvgIpc) is 3.34. The standard InChI is InChI=1S/C18H17N7O2/c26-17(11-23-9-7-14-3-1-2-4-15(14)23)20-8-10-24-18(27)6-5-16(22-24)25-13-19-12-21-25/h1-7,9,12-13H,8,10-11H2,(H,20,26). The van der Waals surface area contributed by atoms with Gasteiger partial charge in [0.2, 0.25) is 5.91 Å². The lowest BCUT2D eigenvalue weighted by molar-refractivity contribution is -0.121. The van der Waals surface area contributed by atoms with E-state index in [2.05, 4.69) is 20.5 Å². The highest BCUT2D eigenvalue weighted by molar-refractivity contribution is 5.83. The molecule has 1 aromatic carbocycles. The van der Waals surface area contributed by atoms with Crippen molar-refractivity contribution in [3.63, 3.8) is 0 Å². The van der Waals surface area contributed by atoms with Gasteiger partial charge in [-0.25, -0.2) is 14.3 Å². The maximum Gasteiger partial charge on any atom is 0.266 e. The van der Waals surface area contributed by atoms with E-state index in [0.717, 1.165) is 10.9 Å². The van der Waals surface area contributed by atoms with Crippen LogP contribution < -0.4 is 10.9 Å². The summed E-state index contributed by atoms with van der Waals surface area (Å²) in [5.41, 5.74) is 0.760. The third kappa shape index (κ3) is 3.61. The van der Waals surface area contributed by atoms with Crippen LogP contribution in [0.4, 0.5) is 0 Å². The number of nitrogens with one attached hydrogen (secondary N) is 1. The first-order valence-corrected chi connectivity index (χ1v) is 8.44. The minimum Gasteiger partial charge on any atom is -0.353 e. The van der Waals surface area contributed by atoms with E-state index in [9.17, 15) is 9.59 Å². The third-order valence-corrected chi connectivity index (χ3v) is 4.15. The Labute approximate surface area is 153 Å². The molecule has 4 rings (SSSR count). The van der Waals surface area contributed by atoms with Crippen LogP contribution >= 0.6 is 0 Å². The molecule has 1 amide bonds. The quantitative estimate of drug-likeness (QED) is 0.541. The fourth-order valence-electron chi connectivity index (χ4n) is 2.84. The number of benzene rings is 1. The van der Waals surface area contributed by atoms with Gasteiger partial charge in [0.25, 0.3) is 5.56 Å². The highest BCUT2D eigenvalue weighted by Gasteiger charge is 2.07. The molecule has 0 unspecified atom stereocenters. The molecule has 1 N–H and O–H groups in total. The van der Waals surface area contributed by atoms with Crippen LogP contribution in [-0.4, -0.2) is 41.6 Å². The number of carbonyl (C=O) groups excluding carboxylic acids is 1. The molecule has 0 aliphatic carbocycles. The van der Waals surface area contributed by atoms with E-state index < -0.39 is 0 Å². The summed E-state index contributed by atoms with van der Waals surface area (Å²) in [6, 6.07) is 12.8. The number of amides is 1. The molecular weight excluding hydrogens is 346 g/mol. The first kappa shape index (κ1) is 16.7. The monoisotopic (exact) mass is 363 g/mol. The van der Waals surface area contributed by atoms with Crippen LogP contribution in [0, 0.1) is 0 Å². The average molecular weight is 363 g/mol. The van der Waals surface area contributed by atoms with Crippen LogP contribution in [0.3, 0.4) is 0 Å².